The van der Waals surface area contributed by atoms with Crippen LogP contribution in [0.1, 0.15) is 20.3 Å². The molecule has 0 saturated carbocycles. The Bertz CT molecular complexity index is 245. The van der Waals surface area contributed by atoms with E-state index in [9.17, 15) is 0 Å². The molecule has 4 heteroatoms. The van der Waals surface area contributed by atoms with E-state index >= 15 is 0 Å². The molecule has 1 heterocycles. The van der Waals surface area contributed by atoms with Crippen molar-refractivity contribution in [3.8, 4) is 0 Å². The summed E-state index contributed by atoms with van der Waals surface area (Å²) in [5.74, 6) is 0.654. The van der Waals surface area contributed by atoms with Crippen molar-refractivity contribution in [2.75, 3.05) is 11.9 Å². The molecule has 0 bridgehead atoms. The number of nitrogens with one attached hydrogen (secondary N) is 1. The maximum Gasteiger partial charge on any atom is 0.222 e. The summed E-state index contributed by atoms with van der Waals surface area (Å²) in [5.41, 5.74) is 5.44. The van der Waals surface area contributed by atoms with Gasteiger partial charge in [-0.1, -0.05) is 0 Å². The van der Waals surface area contributed by atoms with Crippen LogP contribution in [0.5, 0.6) is 0 Å². The van der Waals surface area contributed by atoms with Crippen LogP contribution < -0.4 is 11.1 Å². The summed E-state index contributed by atoms with van der Waals surface area (Å²) in [6.07, 6.45) is 4.33. The molecular weight excluding hydrogens is 164 g/mol. The summed E-state index contributed by atoms with van der Waals surface area (Å²) in [6, 6.07) is 1.79. The van der Waals surface area contributed by atoms with E-state index in [2.05, 4.69) is 29.1 Å². The molecule has 0 aliphatic heterocycles. The predicted octanol–water partition coefficient (Wildman–Crippen LogP) is 1.02. The highest BCUT2D eigenvalue weighted by atomic mass is 15.1. The zero-order valence-corrected chi connectivity index (χ0v) is 8.12. The predicted molar refractivity (Wildman–Crippen MR) is 53.4 cm³/mol. The van der Waals surface area contributed by atoms with Gasteiger partial charge in [0, 0.05) is 17.9 Å². The Kier molecular flexibility index (Phi) is 3.19. The minimum Gasteiger partial charge on any atom is -0.349 e. The van der Waals surface area contributed by atoms with Gasteiger partial charge in [0.05, 0.1) is 0 Å². The molecule has 1 aromatic heterocycles. The molecule has 0 fully saturated rings. The molecule has 0 aromatic carbocycles. The molecule has 0 radical (unpaired) electrons. The number of anilines is 1. The normalized spacial score (nSPS) is 11.3. The summed E-state index contributed by atoms with van der Waals surface area (Å²) in [6.45, 7) is 4.82. The van der Waals surface area contributed by atoms with Gasteiger partial charge in [-0.3, -0.25) is 0 Å². The quantitative estimate of drug-likeness (QED) is 0.726. The van der Waals surface area contributed by atoms with Gasteiger partial charge in [0.25, 0.3) is 0 Å². The van der Waals surface area contributed by atoms with Gasteiger partial charge in [-0.05, 0) is 32.9 Å². The molecule has 1 aromatic rings. The summed E-state index contributed by atoms with van der Waals surface area (Å²) in [7, 11) is 0. The van der Waals surface area contributed by atoms with Crippen molar-refractivity contribution in [2.24, 2.45) is 5.73 Å². The van der Waals surface area contributed by atoms with Crippen LogP contribution in [0.3, 0.4) is 0 Å². The molecule has 13 heavy (non-hydrogen) atoms. The lowest BCUT2D eigenvalue weighted by molar-refractivity contribution is 0.522. The fourth-order valence-corrected chi connectivity index (χ4v) is 1.09. The van der Waals surface area contributed by atoms with E-state index in [1.54, 1.807) is 18.5 Å². The molecular formula is C9H16N4. The number of aromatic nitrogens is 2. The van der Waals surface area contributed by atoms with E-state index in [-0.39, 0.29) is 5.54 Å². The first-order valence-electron chi connectivity index (χ1n) is 4.39. The third-order valence-corrected chi connectivity index (χ3v) is 1.79. The summed E-state index contributed by atoms with van der Waals surface area (Å²) >= 11 is 0. The van der Waals surface area contributed by atoms with Gasteiger partial charge in [-0.15, -0.1) is 0 Å². The van der Waals surface area contributed by atoms with E-state index in [1.165, 1.54) is 0 Å². The molecule has 0 atom stereocenters. The zero-order chi connectivity index (χ0) is 9.73. The molecule has 0 unspecified atom stereocenters. The number of nitrogens with zero attached hydrogens (tertiary/aromatic N) is 2. The van der Waals surface area contributed by atoms with Gasteiger partial charge in [0.15, 0.2) is 0 Å². The van der Waals surface area contributed by atoms with Crippen LogP contribution in [-0.2, 0) is 0 Å². The molecule has 4 nitrogen and oxygen atoms in total. The summed E-state index contributed by atoms with van der Waals surface area (Å²) < 4.78 is 0. The Morgan fingerprint density at radius 2 is 2.00 bits per heavy atom. The number of rotatable bonds is 4. The van der Waals surface area contributed by atoms with Crippen molar-refractivity contribution in [1.29, 1.82) is 0 Å². The third kappa shape index (κ3) is 3.38. The van der Waals surface area contributed by atoms with Crippen LogP contribution in [0.25, 0.3) is 0 Å². The molecule has 0 aliphatic rings. The van der Waals surface area contributed by atoms with E-state index in [0.29, 0.717) is 12.5 Å². The molecule has 3 N–H and O–H groups in total. The van der Waals surface area contributed by atoms with Crippen LogP contribution >= 0.6 is 0 Å². The summed E-state index contributed by atoms with van der Waals surface area (Å²) in [4.78, 5) is 8.17. The van der Waals surface area contributed by atoms with Gasteiger partial charge in [0.2, 0.25) is 5.95 Å². The van der Waals surface area contributed by atoms with Crippen LogP contribution in [0, 0.1) is 0 Å². The highest BCUT2D eigenvalue weighted by molar-refractivity contribution is 5.26. The Hall–Kier alpha value is -1.16. The van der Waals surface area contributed by atoms with Gasteiger partial charge in [-0.2, -0.15) is 0 Å². The van der Waals surface area contributed by atoms with E-state index in [4.69, 9.17) is 5.73 Å². The Labute approximate surface area is 78.6 Å². The Morgan fingerprint density at radius 1 is 1.38 bits per heavy atom. The Balaban J connectivity index is 2.58. The summed E-state index contributed by atoms with van der Waals surface area (Å²) in [5, 5.41) is 3.22. The van der Waals surface area contributed by atoms with Crippen molar-refractivity contribution < 1.29 is 0 Å². The highest BCUT2D eigenvalue weighted by Crippen LogP contribution is 2.12. The number of nitrogens with two attached hydrogens (primary N) is 1. The maximum atomic E-state index is 5.49. The largest absolute Gasteiger partial charge is 0.349 e. The van der Waals surface area contributed by atoms with Gasteiger partial charge in [0.1, 0.15) is 0 Å². The lowest BCUT2D eigenvalue weighted by atomic mass is 10.0. The average Bonchev–Trinajstić information content (AvgIpc) is 2.04. The van der Waals surface area contributed by atoms with Gasteiger partial charge in [-0.25, -0.2) is 9.97 Å². The minimum absolute atomic E-state index is 0.0455. The van der Waals surface area contributed by atoms with Crippen molar-refractivity contribution in [3.05, 3.63) is 18.5 Å². The Morgan fingerprint density at radius 3 is 2.54 bits per heavy atom. The van der Waals surface area contributed by atoms with Crippen LogP contribution in [-0.4, -0.2) is 22.1 Å². The zero-order valence-electron chi connectivity index (χ0n) is 8.12. The van der Waals surface area contributed by atoms with Crippen molar-refractivity contribution >= 4 is 5.95 Å². The van der Waals surface area contributed by atoms with E-state index in [1.807, 2.05) is 0 Å². The van der Waals surface area contributed by atoms with Crippen molar-refractivity contribution in [3.63, 3.8) is 0 Å². The van der Waals surface area contributed by atoms with Crippen LogP contribution in [0.2, 0.25) is 0 Å². The first-order valence-corrected chi connectivity index (χ1v) is 4.39. The monoisotopic (exact) mass is 180 g/mol. The van der Waals surface area contributed by atoms with E-state index in [0.717, 1.165) is 6.42 Å². The second-order valence-corrected chi connectivity index (χ2v) is 3.62. The average molecular weight is 180 g/mol. The number of hydrogen-bond acceptors (Lipinski definition) is 4. The second-order valence-electron chi connectivity index (χ2n) is 3.62. The van der Waals surface area contributed by atoms with Gasteiger partial charge >= 0.3 is 0 Å². The highest BCUT2D eigenvalue weighted by Gasteiger charge is 2.16. The van der Waals surface area contributed by atoms with E-state index < -0.39 is 0 Å². The van der Waals surface area contributed by atoms with Crippen molar-refractivity contribution in [2.45, 2.75) is 25.8 Å². The standard InChI is InChI=1S/C9H16N4/c1-9(2,4-5-10)13-8-11-6-3-7-12-8/h3,6-7H,4-5,10H2,1-2H3,(H,11,12,13). The SMILES string of the molecule is CC(C)(CCN)Nc1ncccn1. The lowest BCUT2D eigenvalue weighted by Gasteiger charge is -2.25. The topological polar surface area (TPSA) is 63.8 Å². The van der Waals surface area contributed by atoms with Gasteiger partial charge < -0.3 is 11.1 Å². The fraction of sp³-hybridized carbons (Fsp3) is 0.556. The van der Waals surface area contributed by atoms with Crippen LogP contribution in [0.4, 0.5) is 5.95 Å². The minimum atomic E-state index is -0.0455. The number of hydrogen-bond donors (Lipinski definition) is 2. The molecule has 0 saturated heterocycles. The van der Waals surface area contributed by atoms with Crippen LogP contribution in [0.15, 0.2) is 18.5 Å². The smallest absolute Gasteiger partial charge is 0.222 e. The molecule has 0 aliphatic carbocycles. The first-order chi connectivity index (χ1) is 6.14. The molecule has 0 amide bonds. The maximum absolute atomic E-state index is 5.49. The second kappa shape index (κ2) is 4.18. The fourth-order valence-electron chi connectivity index (χ4n) is 1.09. The molecule has 1 rings (SSSR count). The first kappa shape index (κ1) is 9.92. The van der Waals surface area contributed by atoms with Crippen molar-refractivity contribution in [1.82, 2.24) is 9.97 Å². The third-order valence-electron chi connectivity index (χ3n) is 1.79. The molecule has 0 spiro atoms. The lowest BCUT2D eigenvalue weighted by Crippen LogP contribution is -2.34. The molecule has 72 valence electrons.